The minimum atomic E-state index is -4.32. The number of hydrogen-bond acceptors (Lipinski definition) is 5. The Bertz CT molecular complexity index is 1640. The average molecular weight is 624 g/mol. The van der Waals surface area contributed by atoms with Gasteiger partial charge >= 0.3 is 0 Å². The average Bonchev–Trinajstić information content (AvgIpc) is 3.03. The van der Waals surface area contributed by atoms with Crippen LogP contribution in [-0.2, 0) is 32.6 Å². The summed E-state index contributed by atoms with van der Waals surface area (Å²) in [6.45, 7) is -0.656. The van der Waals surface area contributed by atoms with Crippen molar-refractivity contribution in [2.24, 2.45) is 0 Å². The molecule has 4 aromatic rings. The van der Waals surface area contributed by atoms with Crippen LogP contribution in [0.1, 0.15) is 11.1 Å². The Morgan fingerprint density at radius 3 is 2.09 bits per heavy atom. The topological polar surface area (TPSA) is 96.0 Å². The van der Waals surface area contributed by atoms with Crippen molar-refractivity contribution < 1.29 is 27.1 Å². The quantitative estimate of drug-likeness (QED) is 0.238. The number of likely N-dealkylation sites (N-methyl/N-ethyl adjacent to an activating group) is 1. The SMILES string of the molecule is CNC(=O)[C@H](Cc1ccccc1)N(Cc1ccc(Cl)cc1)C(=O)CN(c1ccc(F)cc1)S(=O)(=O)c1ccc(OC)cc1. The summed E-state index contributed by atoms with van der Waals surface area (Å²) in [7, 11) is -1.38. The standard InChI is InChI=1S/C32H31ClFN3O5S/c1-35-32(39)30(20-23-6-4-3-5-7-23)36(21-24-8-10-25(33)11-9-24)31(38)22-37(27-14-12-26(34)13-15-27)43(40,41)29-18-16-28(42-2)17-19-29/h3-19,30H,20-22H2,1-2H3,(H,35,39)/t30-/m0/s1. The Hall–Kier alpha value is -4.41. The van der Waals surface area contributed by atoms with E-state index < -0.39 is 40.2 Å². The van der Waals surface area contributed by atoms with Gasteiger partial charge in [-0.1, -0.05) is 54.1 Å². The summed E-state index contributed by atoms with van der Waals surface area (Å²) >= 11 is 6.08. The highest BCUT2D eigenvalue weighted by Crippen LogP contribution is 2.27. The van der Waals surface area contributed by atoms with Crippen LogP contribution in [0.15, 0.2) is 108 Å². The summed E-state index contributed by atoms with van der Waals surface area (Å²) in [5, 5.41) is 3.14. The van der Waals surface area contributed by atoms with E-state index in [0.29, 0.717) is 16.3 Å². The Balaban J connectivity index is 1.77. The van der Waals surface area contributed by atoms with Crippen LogP contribution in [0.2, 0.25) is 5.02 Å². The van der Waals surface area contributed by atoms with Crippen LogP contribution in [0.5, 0.6) is 5.75 Å². The largest absolute Gasteiger partial charge is 0.497 e. The molecule has 0 bridgehead atoms. The van der Waals surface area contributed by atoms with Crippen molar-refractivity contribution in [1.29, 1.82) is 0 Å². The molecule has 8 nitrogen and oxygen atoms in total. The fourth-order valence-corrected chi connectivity index (χ4v) is 6.06. The molecule has 0 aromatic heterocycles. The number of hydrogen-bond donors (Lipinski definition) is 1. The van der Waals surface area contributed by atoms with Gasteiger partial charge in [-0.05, 0) is 71.8 Å². The molecule has 1 N–H and O–H groups in total. The van der Waals surface area contributed by atoms with Gasteiger partial charge in [-0.3, -0.25) is 13.9 Å². The van der Waals surface area contributed by atoms with E-state index in [4.69, 9.17) is 16.3 Å². The van der Waals surface area contributed by atoms with Gasteiger partial charge in [0.15, 0.2) is 0 Å². The Labute approximate surface area is 255 Å². The maximum absolute atomic E-state index is 14.2. The number of methoxy groups -OCH3 is 1. The third kappa shape index (κ3) is 7.91. The van der Waals surface area contributed by atoms with Gasteiger partial charge in [0.1, 0.15) is 24.2 Å². The zero-order valence-corrected chi connectivity index (χ0v) is 25.2. The molecule has 0 fully saturated rings. The number of benzene rings is 4. The number of carbonyl (C=O) groups excluding carboxylic acids is 2. The van der Waals surface area contributed by atoms with Crippen LogP contribution in [0.3, 0.4) is 0 Å². The molecule has 0 aliphatic rings. The lowest BCUT2D eigenvalue weighted by Crippen LogP contribution is -2.53. The van der Waals surface area contributed by atoms with Crippen LogP contribution >= 0.6 is 11.6 Å². The summed E-state index contributed by atoms with van der Waals surface area (Å²) in [4.78, 5) is 28.7. The number of rotatable bonds is 12. The lowest BCUT2D eigenvalue weighted by Gasteiger charge is -2.33. The Morgan fingerprint density at radius 1 is 0.884 bits per heavy atom. The number of amides is 2. The van der Waals surface area contributed by atoms with Crippen LogP contribution in [0.25, 0.3) is 0 Å². The van der Waals surface area contributed by atoms with Crippen LogP contribution < -0.4 is 14.4 Å². The van der Waals surface area contributed by atoms with Crippen LogP contribution in [0.4, 0.5) is 10.1 Å². The summed E-state index contributed by atoms with van der Waals surface area (Å²) in [6.07, 6.45) is 0.182. The van der Waals surface area contributed by atoms with Crippen LogP contribution in [0, 0.1) is 5.82 Å². The van der Waals surface area contributed by atoms with Crippen molar-refractivity contribution in [2.45, 2.75) is 23.9 Å². The molecular weight excluding hydrogens is 593 g/mol. The smallest absolute Gasteiger partial charge is 0.264 e. The van der Waals surface area contributed by atoms with Crippen molar-refractivity contribution in [2.75, 3.05) is 25.0 Å². The highest BCUT2D eigenvalue weighted by Gasteiger charge is 2.34. The first-order valence-electron chi connectivity index (χ1n) is 13.3. The normalized spacial score (nSPS) is 11.8. The zero-order chi connectivity index (χ0) is 31.0. The molecule has 4 rings (SSSR count). The monoisotopic (exact) mass is 623 g/mol. The molecule has 0 aliphatic carbocycles. The van der Waals surface area contributed by atoms with Gasteiger partial charge in [0.25, 0.3) is 10.0 Å². The number of sulfonamides is 1. The predicted octanol–water partition coefficient (Wildman–Crippen LogP) is 5.07. The maximum Gasteiger partial charge on any atom is 0.264 e. The van der Waals surface area contributed by atoms with Crippen molar-refractivity contribution in [3.8, 4) is 5.75 Å². The number of carbonyl (C=O) groups is 2. The second-order valence-electron chi connectivity index (χ2n) is 9.63. The first kappa shape index (κ1) is 31.5. The molecular formula is C32H31ClFN3O5S. The van der Waals surface area contributed by atoms with Gasteiger partial charge in [-0.25, -0.2) is 12.8 Å². The first-order chi connectivity index (χ1) is 20.6. The van der Waals surface area contributed by atoms with E-state index in [1.807, 2.05) is 30.3 Å². The van der Waals surface area contributed by atoms with Crippen molar-refractivity contribution in [3.63, 3.8) is 0 Å². The highest BCUT2D eigenvalue weighted by molar-refractivity contribution is 7.92. The third-order valence-corrected chi connectivity index (χ3v) is 8.86. The molecule has 0 radical (unpaired) electrons. The van der Waals surface area contributed by atoms with Gasteiger partial charge in [-0.2, -0.15) is 0 Å². The minimum absolute atomic E-state index is 0.000758. The van der Waals surface area contributed by atoms with E-state index in [-0.39, 0.29) is 23.5 Å². The maximum atomic E-state index is 14.2. The molecule has 0 heterocycles. The van der Waals surface area contributed by atoms with Gasteiger partial charge in [-0.15, -0.1) is 0 Å². The van der Waals surface area contributed by atoms with Gasteiger partial charge in [0.2, 0.25) is 11.8 Å². The zero-order valence-electron chi connectivity index (χ0n) is 23.6. The molecule has 0 unspecified atom stereocenters. The fourth-order valence-electron chi connectivity index (χ4n) is 4.52. The summed E-state index contributed by atoms with van der Waals surface area (Å²) in [5.41, 5.74) is 1.58. The van der Waals surface area contributed by atoms with E-state index in [9.17, 15) is 22.4 Å². The number of halogens is 2. The molecule has 224 valence electrons. The summed E-state index contributed by atoms with van der Waals surface area (Å²) < 4.78 is 47.8. The van der Waals surface area contributed by atoms with Crippen LogP contribution in [-0.4, -0.2) is 51.9 Å². The number of anilines is 1. The van der Waals surface area contributed by atoms with Crippen molar-refractivity contribution in [3.05, 3.63) is 125 Å². The Morgan fingerprint density at radius 2 is 1.51 bits per heavy atom. The second kappa shape index (κ2) is 14.2. The first-order valence-corrected chi connectivity index (χ1v) is 15.2. The minimum Gasteiger partial charge on any atom is -0.497 e. The predicted molar refractivity (Wildman–Crippen MR) is 164 cm³/mol. The third-order valence-electron chi connectivity index (χ3n) is 6.82. The van der Waals surface area contributed by atoms with Gasteiger partial charge in [0, 0.05) is 25.0 Å². The van der Waals surface area contributed by atoms with Gasteiger partial charge in [0.05, 0.1) is 17.7 Å². The molecule has 0 saturated heterocycles. The van der Waals surface area contributed by atoms with E-state index in [0.717, 1.165) is 22.0 Å². The Kier molecular flexibility index (Phi) is 10.4. The van der Waals surface area contributed by atoms with Crippen molar-refractivity contribution in [1.82, 2.24) is 10.2 Å². The lowest BCUT2D eigenvalue weighted by molar-refractivity contribution is -0.139. The number of ether oxygens (including phenoxy) is 1. The lowest BCUT2D eigenvalue weighted by atomic mass is 10.0. The van der Waals surface area contributed by atoms with Crippen molar-refractivity contribution >= 4 is 39.1 Å². The van der Waals surface area contributed by atoms with E-state index >= 15 is 0 Å². The number of nitrogens with one attached hydrogen (secondary N) is 1. The molecule has 4 aromatic carbocycles. The summed E-state index contributed by atoms with van der Waals surface area (Å²) in [5.74, 6) is -1.17. The highest BCUT2D eigenvalue weighted by atomic mass is 35.5. The molecule has 2 amide bonds. The van der Waals surface area contributed by atoms with E-state index in [1.54, 1.807) is 24.3 Å². The van der Waals surface area contributed by atoms with E-state index in [2.05, 4.69) is 5.32 Å². The van der Waals surface area contributed by atoms with E-state index in [1.165, 1.54) is 55.5 Å². The second-order valence-corrected chi connectivity index (χ2v) is 11.9. The molecule has 0 saturated carbocycles. The molecule has 43 heavy (non-hydrogen) atoms. The fraction of sp³-hybridized carbons (Fsp3) is 0.188. The van der Waals surface area contributed by atoms with Gasteiger partial charge < -0.3 is 15.0 Å². The molecule has 0 aliphatic heterocycles. The number of nitrogens with zero attached hydrogens (tertiary/aromatic N) is 2. The molecule has 0 spiro atoms. The molecule has 1 atom stereocenters. The molecule has 11 heteroatoms. The summed E-state index contributed by atoms with van der Waals surface area (Å²) in [6, 6.07) is 25.6.